The first-order valence-electron chi connectivity index (χ1n) is 3.76. The molecule has 13 heavy (non-hydrogen) atoms. The van der Waals surface area contributed by atoms with Gasteiger partial charge in [-0.05, 0) is 12.5 Å². The van der Waals surface area contributed by atoms with E-state index in [0.29, 0.717) is 6.54 Å². The molecule has 0 saturated heterocycles. The van der Waals surface area contributed by atoms with Crippen molar-refractivity contribution >= 4 is 24.8 Å². The Morgan fingerprint density at radius 1 is 1.31 bits per heavy atom. The van der Waals surface area contributed by atoms with Crippen LogP contribution in [0.25, 0.3) is 0 Å². The lowest BCUT2D eigenvalue weighted by atomic mass is 10.1. The monoisotopic (exact) mass is 222 g/mol. The maximum Gasteiger partial charge on any atom is 0.0419 e. The average molecular weight is 223 g/mol. The molecule has 0 fully saturated rings. The van der Waals surface area contributed by atoms with Gasteiger partial charge in [0, 0.05) is 12.6 Å². The van der Waals surface area contributed by atoms with Crippen LogP contribution in [0.5, 0.6) is 0 Å². The molecule has 0 radical (unpaired) electrons. The molecule has 0 aromatic heterocycles. The molecular weight excluding hydrogens is 207 g/mol. The third kappa shape index (κ3) is 4.48. The van der Waals surface area contributed by atoms with Crippen LogP contribution < -0.4 is 11.5 Å². The van der Waals surface area contributed by atoms with Crippen LogP contribution in [0, 0.1) is 6.92 Å². The lowest BCUT2D eigenvalue weighted by Crippen LogP contribution is -2.20. The van der Waals surface area contributed by atoms with Gasteiger partial charge in [0.1, 0.15) is 0 Å². The number of hydrogen-bond donors (Lipinski definition) is 2. The zero-order chi connectivity index (χ0) is 8.27. The molecule has 1 aromatic rings. The second-order valence-corrected chi connectivity index (χ2v) is 2.76. The number of hydrogen-bond acceptors (Lipinski definition) is 2. The van der Waals surface area contributed by atoms with Crippen LogP contribution >= 0.6 is 24.8 Å². The Kier molecular flexibility index (Phi) is 8.37. The molecule has 0 aliphatic rings. The lowest BCUT2D eigenvalue weighted by molar-refractivity contribution is 0.736. The Morgan fingerprint density at radius 2 is 1.92 bits per heavy atom. The van der Waals surface area contributed by atoms with Crippen molar-refractivity contribution < 1.29 is 0 Å². The van der Waals surface area contributed by atoms with Gasteiger partial charge < -0.3 is 11.5 Å². The predicted octanol–water partition coefficient (Wildman–Crippen LogP) is 1.80. The predicted molar refractivity (Wildman–Crippen MR) is 61.7 cm³/mol. The molecule has 0 spiro atoms. The molecule has 0 saturated carbocycles. The first-order valence-corrected chi connectivity index (χ1v) is 3.76. The highest BCUT2D eigenvalue weighted by molar-refractivity contribution is 5.85. The van der Waals surface area contributed by atoms with E-state index in [2.05, 4.69) is 6.07 Å². The van der Waals surface area contributed by atoms with Crippen molar-refractivity contribution in [1.82, 2.24) is 0 Å². The van der Waals surface area contributed by atoms with E-state index in [-0.39, 0.29) is 30.9 Å². The first-order chi connectivity index (χ1) is 5.24. The van der Waals surface area contributed by atoms with Gasteiger partial charge in [0.2, 0.25) is 0 Å². The Morgan fingerprint density at radius 3 is 2.38 bits per heavy atom. The van der Waals surface area contributed by atoms with Gasteiger partial charge in [0.05, 0.1) is 0 Å². The third-order valence-electron chi connectivity index (χ3n) is 1.72. The minimum atomic E-state index is -0.0186. The van der Waals surface area contributed by atoms with Crippen molar-refractivity contribution in [2.45, 2.75) is 13.0 Å². The van der Waals surface area contributed by atoms with Gasteiger partial charge in [0.15, 0.2) is 0 Å². The molecule has 0 aliphatic heterocycles. The summed E-state index contributed by atoms with van der Waals surface area (Å²) in [5.74, 6) is 0. The Balaban J connectivity index is 0. The van der Waals surface area contributed by atoms with Crippen molar-refractivity contribution in [2.75, 3.05) is 6.54 Å². The molecule has 2 nitrogen and oxygen atoms in total. The van der Waals surface area contributed by atoms with Crippen LogP contribution in [0.4, 0.5) is 0 Å². The van der Waals surface area contributed by atoms with Gasteiger partial charge in [-0.2, -0.15) is 0 Å². The van der Waals surface area contributed by atoms with E-state index >= 15 is 0 Å². The van der Waals surface area contributed by atoms with E-state index in [1.807, 2.05) is 25.1 Å². The van der Waals surface area contributed by atoms with E-state index in [1.54, 1.807) is 0 Å². The topological polar surface area (TPSA) is 52.0 Å². The second kappa shape index (κ2) is 7.15. The van der Waals surface area contributed by atoms with Gasteiger partial charge in [0.25, 0.3) is 0 Å². The summed E-state index contributed by atoms with van der Waals surface area (Å²) in [6.07, 6.45) is 0. The summed E-state index contributed by atoms with van der Waals surface area (Å²) >= 11 is 0. The van der Waals surface area contributed by atoms with Crippen LogP contribution in [0.3, 0.4) is 0 Å². The van der Waals surface area contributed by atoms with Crippen LogP contribution in [0.2, 0.25) is 0 Å². The Hall–Kier alpha value is -0.280. The molecule has 0 heterocycles. The molecule has 0 amide bonds. The number of halogens is 2. The minimum Gasteiger partial charge on any atom is -0.329 e. The van der Waals surface area contributed by atoms with Gasteiger partial charge in [-0.1, -0.05) is 29.8 Å². The largest absolute Gasteiger partial charge is 0.329 e. The zero-order valence-electron chi connectivity index (χ0n) is 7.57. The highest BCUT2D eigenvalue weighted by Crippen LogP contribution is 2.10. The summed E-state index contributed by atoms with van der Waals surface area (Å²) in [6.45, 7) is 2.55. The summed E-state index contributed by atoms with van der Waals surface area (Å²) in [5, 5.41) is 0. The van der Waals surface area contributed by atoms with E-state index in [0.717, 1.165) is 5.56 Å². The van der Waals surface area contributed by atoms with E-state index in [4.69, 9.17) is 11.5 Å². The smallest absolute Gasteiger partial charge is 0.0419 e. The van der Waals surface area contributed by atoms with Crippen molar-refractivity contribution in [1.29, 1.82) is 0 Å². The molecule has 1 atom stereocenters. The number of rotatable bonds is 2. The fourth-order valence-corrected chi connectivity index (χ4v) is 1.04. The summed E-state index contributed by atoms with van der Waals surface area (Å²) in [7, 11) is 0. The SMILES string of the molecule is Cc1cccc([C@H](N)CN)c1.Cl.Cl. The first kappa shape index (κ1) is 15.2. The van der Waals surface area contributed by atoms with Gasteiger partial charge in [-0.15, -0.1) is 24.8 Å². The summed E-state index contributed by atoms with van der Waals surface area (Å²) in [4.78, 5) is 0. The highest BCUT2D eigenvalue weighted by atomic mass is 35.5. The maximum atomic E-state index is 5.74. The van der Waals surface area contributed by atoms with Crippen molar-refractivity contribution in [2.24, 2.45) is 11.5 Å². The van der Waals surface area contributed by atoms with E-state index < -0.39 is 0 Å². The summed E-state index contributed by atoms with van der Waals surface area (Å²) in [5.41, 5.74) is 13.5. The molecule has 0 unspecified atom stereocenters. The maximum absolute atomic E-state index is 5.74. The highest BCUT2D eigenvalue weighted by Gasteiger charge is 2.01. The van der Waals surface area contributed by atoms with Gasteiger partial charge in [-0.3, -0.25) is 0 Å². The average Bonchev–Trinajstić information content (AvgIpc) is 2.03. The fraction of sp³-hybridized carbons (Fsp3) is 0.333. The summed E-state index contributed by atoms with van der Waals surface area (Å²) < 4.78 is 0. The summed E-state index contributed by atoms with van der Waals surface area (Å²) in [6, 6.07) is 8.10. The number of benzene rings is 1. The molecule has 4 N–H and O–H groups in total. The Bertz CT molecular complexity index is 241. The molecular formula is C9H16Cl2N2. The Labute approximate surface area is 91.5 Å². The quantitative estimate of drug-likeness (QED) is 0.803. The molecule has 1 rings (SSSR count). The molecule has 4 heteroatoms. The minimum absolute atomic E-state index is 0. The van der Waals surface area contributed by atoms with Gasteiger partial charge >= 0.3 is 0 Å². The number of aryl methyl sites for hydroxylation is 1. The zero-order valence-corrected chi connectivity index (χ0v) is 9.20. The van der Waals surface area contributed by atoms with E-state index in [1.165, 1.54) is 5.56 Å². The van der Waals surface area contributed by atoms with Crippen molar-refractivity contribution in [3.8, 4) is 0 Å². The third-order valence-corrected chi connectivity index (χ3v) is 1.72. The van der Waals surface area contributed by atoms with Crippen LogP contribution in [0.1, 0.15) is 17.2 Å². The van der Waals surface area contributed by atoms with Crippen molar-refractivity contribution in [3.63, 3.8) is 0 Å². The van der Waals surface area contributed by atoms with Crippen LogP contribution in [-0.4, -0.2) is 6.54 Å². The number of nitrogens with two attached hydrogens (primary N) is 2. The normalized spacial score (nSPS) is 11.0. The molecule has 0 bridgehead atoms. The van der Waals surface area contributed by atoms with Crippen LogP contribution in [0.15, 0.2) is 24.3 Å². The second-order valence-electron chi connectivity index (χ2n) is 2.76. The molecule has 1 aromatic carbocycles. The molecule has 0 aliphatic carbocycles. The standard InChI is InChI=1S/C9H14N2.2ClH/c1-7-3-2-4-8(5-7)9(11)6-10;;/h2-5,9H,6,10-11H2,1H3;2*1H/t9-;;/m1../s1. The molecule has 76 valence electrons. The fourth-order valence-electron chi connectivity index (χ4n) is 1.04. The van der Waals surface area contributed by atoms with Crippen molar-refractivity contribution in [3.05, 3.63) is 35.4 Å². The van der Waals surface area contributed by atoms with E-state index in [9.17, 15) is 0 Å². The lowest BCUT2D eigenvalue weighted by Gasteiger charge is -2.08. The van der Waals surface area contributed by atoms with Crippen LogP contribution in [-0.2, 0) is 0 Å². The van der Waals surface area contributed by atoms with Gasteiger partial charge in [-0.25, -0.2) is 0 Å².